The van der Waals surface area contributed by atoms with Gasteiger partial charge in [0.2, 0.25) is 5.91 Å². The summed E-state index contributed by atoms with van der Waals surface area (Å²) in [5, 5.41) is 14.1. The molecular formula is C25H31F3N6O. The minimum atomic E-state index is -4.64. The number of rotatable bonds is 7. The fourth-order valence-electron chi connectivity index (χ4n) is 4.58. The molecule has 7 nitrogen and oxygen atoms in total. The molecule has 0 radical (unpaired) electrons. The van der Waals surface area contributed by atoms with E-state index in [4.69, 9.17) is 0 Å². The first kappa shape index (κ1) is 24.9. The molecule has 1 saturated heterocycles. The molecule has 0 saturated carbocycles. The van der Waals surface area contributed by atoms with Gasteiger partial charge in [-0.3, -0.25) is 4.79 Å². The SMILES string of the molecule is CCCc1ccc(C(NC(=O)C2CCN(c3ccc4nnc(C(F)(F)F)n4n3)CC2)C(C)C)cc1. The van der Waals surface area contributed by atoms with Gasteiger partial charge in [-0.2, -0.15) is 17.7 Å². The van der Waals surface area contributed by atoms with Gasteiger partial charge >= 0.3 is 6.18 Å². The number of benzene rings is 1. The van der Waals surface area contributed by atoms with Gasteiger partial charge in [0.25, 0.3) is 5.82 Å². The molecule has 0 bridgehead atoms. The van der Waals surface area contributed by atoms with Crippen LogP contribution in [0.5, 0.6) is 0 Å². The van der Waals surface area contributed by atoms with Crippen molar-refractivity contribution in [3.8, 4) is 0 Å². The third kappa shape index (κ3) is 5.57. The minimum absolute atomic E-state index is 0.0163. The molecule has 1 N–H and O–H groups in total. The normalized spacial score (nSPS) is 16.1. The van der Waals surface area contributed by atoms with Gasteiger partial charge in [-0.25, -0.2) is 0 Å². The van der Waals surface area contributed by atoms with E-state index in [0.717, 1.165) is 22.9 Å². The number of carbonyl (C=O) groups excluding carboxylic acids is 1. The predicted octanol–water partition coefficient (Wildman–Crippen LogP) is 4.83. The number of amides is 1. The summed E-state index contributed by atoms with van der Waals surface area (Å²) in [4.78, 5) is 15.0. The highest BCUT2D eigenvalue weighted by Crippen LogP contribution is 2.29. The molecule has 2 aromatic heterocycles. The molecule has 1 unspecified atom stereocenters. The molecule has 3 aromatic rings. The Labute approximate surface area is 202 Å². The quantitative estimate of drug-likeness (QED) is 0.516. The van der Waals surface area contributed by atoms with E-state index in [9.17, 15) is 18.0 Å². The van der Waals surface area contributed by atoms with Crippen molar-refractivity contribution in [1.82, 2.24) is 25.1 Å². The molecule has 0 spiro atoms. The van der Waals surface area contributed by atoms with Crippen LogP contribution in [-0.4, -0.2) is 38.8 Å². The van der Waals surface area contributed by atoms with E-state index in [1.807, 2.05) is 4.90 Å². The van der Waals surface area contributed by atoms with Crippen molar-refractivity contribution >= 4 is 17.4 Å². The molecule has 35 heavy (non-hydrogen) atoms. The zero-order chi connectivity index (χ0) is 25.2. The maximum absolute atomic E-state index is 13.2. The standard InChI is InChI=1S/C25H31F3N6O/c1-4-5-17-6-8-18(9-7-17)22(16(2)3)29-23(35)19-12-14-33(15-13-19)21-11-10-20-30-31-24(25(26,27)28)34(20)32-21/h6-11,16,19,22H,4-5,12-15H2,1-3H3,(H,29,35). The number of alkyl halides is 3. The number of hydrogen-bond donors (Lipinski definition) is 1. The van der Waals surface area contributed by atoms with Gasteiger partial charge in [0.15, 0.2) is 5.65 Å². The largest absolute Gasteiger partial charge is 0.453 e. The molecule has 1 aromatic carbocycles. The number of piperidine rings is 1. The topological polar surface area (TPSA) is 75.4 Å². The van der Waals surface area contributed by atoms with Crippen LogP contribution in [0.15, 0.2) is 36.4 Å². The van der Waals surface area contributed by atoms with Gasteiger partial charge < -0.3 is 10.2 Å². The Morgan fingerprint density at radius 2 is 1.77 bits per heavy atom. The van der Waals surface area contributed by atoms with Crippen molar-refractivity contribution in [2.24, 2.45) is 11.8 Å². The summed E-state index contributed by atoms with van der Waals surface area (Å²) >= 11 is 0. The molecule has 1 atom stereocenters. The summed E-state index contributed by atoms with van der Waals surface area (Å²) in [6.45, 7) is 7.39. The van der Waals surface area contributed by atoms with Gasteiger partial charge in [0, 0.05) is 19.0 Å². The highest BCUT2D eigenvalue weighted by molar-refractivity contribution is 5.79. The molecular weight excluding hydrogens is 457 g/mol. The Morgan fingerprint density at radius 3 is 2.37 bits per heavy atom. The molecule has 3 heterocycles. The van der Waals surface area contributed by atoms with Crippen molar-refractivity contribution < 1.29 is 18.0 Å². The van der Waals surface area contributed by atoms with Crippen LogP contribution in [0.2, 0.25) is 0 Å². The van der Waals surface area contributed by atoms with Crippen molar-refractivity contribution in [2.75, 3.05) is 18.0 Å². The number of carbonyl (C=O) groups is 1. The lowest BCUT2D eigenvalue weighted by atomic mass is 9.91. The van der Waals surface area contributed by atoms with E-state index in [2.05, 4.69) is 65.6 Å². The van der Waals surface area contributed by atoms with Gasteiger partial charge in [-0.1, -0.05) is 51.5 Å². The number of halogens is 3. The first-order chi connectivity index (χ1) is 16.7. The van der Waals surface area contributed by atoms with Crippen LogP contribution in [-0.2, 0) is 17.4 Å². The fraction of sp³-hybridized carbons (Fsp3) is 0.520. The first-order valence-electron chi connectivity index (χ1n) is 12.1. The van der Waals surface area contributed by atoms with Crippen LogP contribution in [0, 0.1) is 11.8 Å². The molecule has 4 rings (SSSR count). The lowest BCUT2D eigenvalue weighted by molar-refractivity contribution is -0.146. The second kappa shape index (κ2) is 10.2. The average Bonchev–Trinajstić information content (AvgIpc) is 3.27. The molecule has 10 heteroatoms. The monoisotopic (exact) mass is 488 g/mol. The van der Waals surface area contributed by atoms with E-state index >= 15 is 0 Å². The van der Waals surface area contributed by atoms with Crippen LogP contribution in [0.4, 0.5) is 19.0 Å². The van der Waals surface area contributed by atoms with Crippen molar-refractivity contribution in [3.63, 3.8) is 0 Å². The number of nitrogens with one attached hydrogen (secondary N) is 1. The summed E-state index contributed by atoms with van der Waals surface area (Å²) in [7, 11) is 0. The van der Waals surface area contributed by atoms with E-state index in [1.54, 1.807) is 6.07 Å². The number of nitrogens with zero attached hydrogens (tertiary/aromatic N) is 5. The Bertz CT molecular complexity index is 1150. The molecule has 1 aliphatic rings. The minimum Gasteiger partial charge on any atom is -0.355 e. The van der Waals surface area contributed by atoms with E-state index in [1.165, 1.54) is 11.6 Å². The third-order valence-corrected chi connectivity index (χ3v) is 6.53. The fourth-order valence-corrected chi connectivity index (χ4v) is 4.58. The smallest absolute Gasteiger partial charge is 0.355 e. The molecule has 188 valence electrons. The van der Waals surface area contributed by atoms with Crippen LogP contribution in [0.1, 0.15) is 63.0 Å². The first-order valence-corrected chi connectivity index (χ1v) is 12.1. The number of anilines is 1. The molecule has 1 amide bonds. The number of aryl methyl sites for hydroxylation is 1. The zero-order valence-electron chi connectivity index (χ0n) is 20.2. The number of aromatic nitrogens is 4. The Hall–Kier alpha value is -3.17. The molecule has 1 aliphatic heterocycles. The lowest BCUT2D eigenvalue weighted by Crippen LogP contribution is -2.42. The Kier molecular flexibility index (Phi) is 7.28. The third-order valence-electron chi connectivity index (χ3n) is 6.53. The zero-order valence-corrected chi connectivity index (χ0v) is 20.2. The maximum Gasteiger partial charge on any atom is 0.453 e. The van der Waals surface area contributed by atoms with Crippen LogP contribution < -0.4 is 10.2 Å². The summed E-state index contributed by atoms with van der Waals surface area (Å²) in [6, 6.07) is 11.5. The number of fused-ring (bicyclic) bond motifs is 1. The second-order valence-electron chi connectivity index (χ2n) is 9.47. The summed E-state index contributed by atoms with van der Waals surface area (Å²) < 4.78 is 40.3. The second-order valence-corrected chi connectivity index (χ2v) is 9.47. The van der Waals surface area contributed by atoms with Crippen molar-refractivity contribution in [3.05, 3.63) is 53.3 Å². The summed E-state index contributed by atoms with van der Waals surface area (Å²) in [6.07, 6.45) is -1.32. The van der Waals surface area contributed by atoms with Gasteiger partial charge in [0.1, 0.15) is 5.82 Å². The van der Waals surface area contributed by atoms with E-state index in [0.29, 0.717) is 31.7 Å². The van der Waals surface area contributed by atoms with Gasteiger partial charge in [-0.15, -0.1) is 15.3 Å². The summed E-state index contributed by atoms with van der Waals surface area (Å²) in [5.74, 6) is -0.641. The van der Waals surface area contributed by atoms with Crippen LogP contribution in [0.25, 0.3) is 5.65 Å². The highest BCUT2D eigenvalue weighted by Gasteiger charge is 2.38. The van der Waals surface area contributed by atoms with Crippen LogP contribution >= 0.6 is 0 Å². The predicted molar refractivity (Wildman–Crippen MR) is 127 cm³/mol. The van der Waals surface area contributed by atoms with Crippen LogP contribution in [0.3, 0.4) is 0 Å². The van der Waals surface area contributed by atoms with Crippen molar-refractivity contribution in [2.45, 2.75) is 58.7 Å². The van der Waals surface area contributed by atoms with Gasteiger partial charge in [0.05, 0.1) is 6.04 Å². The molecule has 0 aliphatic carbocycles. The van der Waals surface area contributed by atoms with Crippen molar-refractivity contribution in [1.29, 1.82) is 0 Å². The summed E-state index contributed by atoms with van der Waals surface area (Å²) in [5.41, 5.74) is 2.42. The highest BCUT2D eigenvalue weighted by atomic mass is 19.4. The number of hydrogen-bond acceptors (Lipinski definition) is 5. The Morgan fingerprint density at radius 1 is 1.09 bits per heavy atom. The maximum atomic E-state index is 13.2. The Balaban J connectivity index is 1.40. The molecule has 1 fully saturated rings. The van der Waals surface area contributed by atoms with E-state index < -0.39 is 12.0 Å². The average molecular weight is 489 g/mol. The van der Waals surface area contributed by atoms with E-state index in [-0.39, 0.29) is 29.4 Å². The lowest BCUT2D eigenvalue weighted by Gasteiger charge is -2.33. The van der Waals surface area contributed by atoms with Gasteiger partial charge in [-0.05, 0) is 48.4 Å².